The van der Waals surface area contributed by atoms with Crippen LogP contribution in [0.5, 0.6) is 0 Å². The normalized spacial score (nSPS) is 13.0. The van der Waals surface area contributed by atoms with E-state index in [1.165, 1.54) is 11.7 Å². The van der Waals surface area contributed by atoms with Crippen LogP contribution < -0.4 is 5.32 Å². The maximum absolute atomic E-state index is 4.23. The molecule has 80 valence electrons. The van der Waals surface area contributed by atoms with Gasteiger partial charge in [0.05, 0.1) is 46.0 Å². The lowest BCUT2D eigenvalue weighted by molar-refractivity contribution is 0.595. The number of nitrogens with one attached hydrogen (secondary N) is 1. The highest BCUT2D eigenvalue weighted by molar-refractivity contribution is 9.10. The van der Waals surface area contributed by atoms with Crippen molar-refractivity contribution in [2.24, 2.45) is 7.05 Å². The van der Waals surface area contributed by atoms with Crippen molar-refractivity contribution in [2.75, 3.05) is 7.05 Å². The van der Waals surface area contributed by atoms with Crippen LogP contribution in [-0.4, -0.2) is 25.6 Å². The summed E-state index contributed by atoms with van der Waals surface area (Å²) in [7, 11) is 3.80. The molecule has 0 fully saturated rings. The van der Waals surface area contributed by atoms with Gasteiger partial charge in [-0.3, -0.25) is 4.68 Å². The summed E-state index contributed by atoms with van der Waals surface area (Å²) < 4.78 is 11.0. The van der Waals surface area contributed by atoms with Crippen LogP contribution >= 0.6 is 27.7 Å². The monoisotopic (exact) mass is 287 g/mol. The first kappa shape index (κ1) is 10.7. The Labute approximate surface area is 100.0 Å². The third kappa shape index (κ3) is 1.95. The average Bonchev–Trinajstić information content (AvgIpc) is 2.83. The summed E-state index contributed by atoms with van der Waals surface area (Å²) in [4.78, 5) is 0. The molecule has 0 aromatic carbocycles. The summed E-state index contributed by atoms with van der Waals surface area (Å²) in [6.07, 6.45) is 3.55. The molecule has 1 atom stereocenters. The molecule has 2 heterocycles. The van der Waals surface area contributed by atoms with E-state index in [0.29, 0.717) is 0 Å². The molecule has 0 saturated heterocycles. The van der Waals surface area contributed by atoms with Crippen LogP contribution in [0.15, 0.2) is 16.9 Å². The molecule has 15 heavy (non-hydrogen) atoms. The van der Waals surface area contributed by atoms with Gasteiger partial charge in [0.25, 0.3) is 0 Å². The quantitative estimate of drug-likeness (QED) is 0.926. The Hall–Kier alpha value is -0.790. The molecule has 0 saturated carbocycles. The fourth-order valence-electron chi connectivity index (χ4n) is 1.47. The predicted molar refractivity (Wildman–Crippen MR) is 61.7 cm³/mol. The first-order valence-corrected chi connectivity index (χ1v) is 5.88. The highest BCUT2D eigenvalue weighted by Gasteiger charge is 2.21. The van der Waals surface area contributed by atoms with Crippen molar-refractivity contribution >= 4 is 27.7 Å². The van der Waals surface area contributed by atoms with E-state index < -0.39 is 0 Å². The summed E-state index contributed by atoms with van der Waals surface area (Å²) >= 11 is 4.68. The number of rotatable bonds is 3. The average molecular weight is 288 g/mol. The zero-order valence-electron chi connectivity index (χ0n) is 8.31. The number of hydrogen-bond donors (Lipinski definition) is 1. The first-order chi connectivity index (χ1) is 7.24. The Morgan fingerprint density at radius 2 is 2.33 bits per heavy atom. The fourth-order valence-corrected chi connectivity index (χ4v) is 2.49. The van der Waals surface area contributed by atoms with E-state index in [0.717, 1.165) is 15.9 Å². The molecule has 0 amide bonds. The van der Waals surface area contributed by atoms with Gasteiger partial charge in [0, 0.05) is 7.05 Å². The largest absolute Gasteiger partial charge is 0.307 e. The van der Waals surface area contributed by atoms with Gasteiger partial charge in [0.2, 0.25) is 0 Å². The maximum Gasteiger partial charge on any atom is 0.0973 e. The Kier molecular flexibility index (Phi) is 3.13. The lowest BCUT2D eigenvalue weighted by atomic mass is 10.1. The van der Waals surface area contributed by atoms with Gasteiger partial charge in [-0.1, -0.05) is 0 Å². The lowest BCUT2D eigenvalue weighted by Gasteiger charge is -2.14. The fraction of sp³-hybridized carbons (Fsp3) is 0.375. The number of aryl methyl sites for hydroxylation is 1. The second kappa shape index (κ2) is 4.38. The highest BCUT2D eigenvalue weighted by Crippen LogP contribution is 2.26. The number of nitrogens with zero attached hydrogens (tertiary/aromatic N) is 4. The SMILES string of the molecule is CNC(c1cnsn1)c1c(Br)cnn1C. The molecule has 1 N–H and O–H groups in total. The van der Waals surface area contributed by atoms with Gasteiger partial charge in [-0.15, -0.1) is 0 Å². The Bertz CT molecular complexity index is 418. The van der Waals surface area contributed by atoms with Gasteiger partial charge < -0.3 is 5.32 Å². The van der Waals surface area contributed by atoms with E-state index in [4.69, 9.17) is 0 Å². The molecule has 0 spiro atoms. The van der Waals surface area contributed by atoms with E-state index >= 15 is 0 Å². The maximum atomic E-state index is 4.23. The van der Waals surface area contributed by atoms with Gasteiger partial charge in [-0.25, -0.2) is 0 Å². The third-order valence-electron chi connectivity index (χ3n) is 2.17. The highest BCUT2D eigenvalue weighted by atomic mass is 79.9. The van der Waals surface area contributed by atoms with Gasteiger partial charge >= 0.3 is 0 Å². The van der Waals surface area contributed by atoms with E-state index in [2.05, 4.69) is 35.1 Å². The van der Waals surface area contributed by atoms with Crippen molar-refractivity contribution in [1.82, 2.24) is 23.8 Å². The van der Waals surface area contributed by atoms with Gasteiger partial charge in [-0.2, -0.15) is 13.8 Å². The van der Waals surface area contributed by atoms with Crippen molar-refractivity contribution in [2.45, 2.75) is 6.04 Å². The second-order valence-electron chi connectivity index (χ2n) is 3.06. The van der Waals surface area contributed by atoms with Crippen LogP contribution in [0.25, 0.3) is 0 Å². The zero-order valence-corrected chi connectivity index (χ0v) is 10.7. The molecular weight excluding hydrogens is 278 g/mol. The topological polar surface area (TPSA) is 55.6 Å². The minimum atomic E-state index is 0.0191. The summed E-state index contributed by atoms with van der Waals surface area (Å²) in [6, 6.07) is 0.0191. The summed E-state index contributed by atoms with van der Waals surface area (Å²) in [5, 5.41) is 7.38. The Morgan fingerprint density at radius 3 is 2.80 bits per heavy atom. The van der Waals surface area contributed by atoms with Gasteiger partial charge in [0.1, 0.15) is 0 Å². The Balaban J connectivity index is 2.44. The predicted octanol–water partition coefficient (Wildman–Crippen LogP) is 1.34. The summed E-state index contributed by atoms with van der Waals surface area (Å²) in [6.45, 7) is 0. The van der Waals surface area contributed by atoms with Gasteiger partial charge in [-0.05, 0) is 23.0 Å². The van der Waals surface area contributed by atoms with Crippen LogP contribution in [0.2, 0.25) is 0 Å². The molecule has 2 aromatic rings. The van der Waals surface area contributed by atoms with Crippen molar-refractivity contribution < 1.29 is 0 Å². The molecule has 0 bridgehead atoms. The van der Waals surface area contributed by atoms with Crippen LogP contribution in [-0.2, 0) is 7.05 Å². The first-order valence-electron chi connectivity index (χ1n) is 4.36. The zero-order chi connectivity index (χ0) is 10.8. The molecule has 2 aromatic heterocycles. The number of hydrogen-bond acceptors (Lipinski definition) is 5. The second-order valence-corrected chi connectivity index (χ2v) is 4.47. The summed E-state index contributed by atoms with van der Waals surface area (Å²) in [5.74, 6) is 0. The van der Waals surface area contributed by atoms with Crippen LogP contribution in [0, 0.1) is 0 Å². The minimum Gasteiger partial charge on any atom is -0.307 e. The van der Waals surface area contributed by atoms with Gasteiger partial charge in [0.15, 0.2) is 0 Å². The van der Waals surface area contributed by atoms with Crippen LogP contribution in [0.1, 0.15) is 17.4 Å². The van der Waals surface area contributed by atoms with E-state index in [1.807, 2.05) is 18.8 Å². The molecule has 1 unspecified atom stereocenters. The van der Waals surface area contributed by atoms with E-state index in [1.54, 1.807) is 12.4 Å². The van der Waals surface area contributed by atoms with E-state index in [-0.39, 0.29) is 6.04 Å². The third-order valence-corrected chi connectivity index (χ3v) is 3.28. The van der Waals surface area contributed by atoms with Crippen molar-refractivity contribution in [3.05, 3.63) is 28.3 Å². The van der Waals surface area contributed by atoms with Crippen molar-refractivity contribution in [1.29, 1.82) is 0 Å². The lowest BCUT2D eigenvalue weighted by Crippen LogP contribution is -2.21. The minimum absolute atomic E-state index is 0.0191. The van der Waals surface area contributed by atoms with Crippen molar-refractivity contribution in [3.63, 3.8) is 0 Å². The van der Waals surface area contributed by atoms with Crippen molar-refractivity contribution in [3.8, 4) is 0 Å². The Morgan fingerprint density at radius 1 is 1.53 bits per heavy atom. The number of aromatic nitrogens is 4. The molecule has 7 heteroatoms. The molecule has 0 aliphatic rings. The molecule has 2 rings (SSSR count). The smallest absolute Gasteiger partial charge is 0.0973 e. The van der Waals surface area contributed by atoms with Crippen LogP contribution in [0.4, 0.5) is 0 Å². The molecule has 0 aliphatic carbocycles. The van der Waals surface area contributed by atoms with Crippen LogP contribution in [0.3, 0.4) is 0 Å². The standard InChI is InChI=1S/C8H10BrN5S/c1-10-7(6-4-12-15-13-6)8-5(9)3-11-14(8)2/h3-4,7,10H,1-2H3. The molecule has 0 radical (unpaired) electrons. The van der Waals surface area contributed by atoms with E-state index in [9.17, 15) is 0 Å². The molecule has 5 nitrogen and oxygen atoms in total. The molecular formula is C8H10BrN5S. The molecule has 0 aliphatic heterocycles. The number of halogens is 1. The summed E-state index contributed by atoms with van der Waals surface area (Å²) in [5.41, 5.74) is 1.96.